The first-order valence-corrected chi connectivity index (χ1v) is 6.25. The van der Waals surface area contributed by atoms with Crippen molar-refractivity contribution in [3.8, 4) is 0 Å². The van der Waals surface area contributed by atoms with Gasteiger partial charge in [-0.15, -0.1) is 5.10 Å². The first-order valence-electron chi connectivity index (χ1n) is 6.25. The monoisotopic (exact) mass is 284 g/mol. The van der Waals surface area contributed by atoms with Crippen LogP contribution in [-0.4, -0.2) is 15.0 Å². The van der Waals surface area contributed by atoms with Crippen molar-refractivity contribution in [1.29, 1.82) is 0 Å². The molecule has 7 heteroatoms. The molecule has 20 heavy (non-hydrogen) atoms. The van der Waals surface area contributed by atoms with Crippen molar-refractivity contribution in [3.63, 3.8) is 0 Å². The van der Waals surface area contributed by atoms with Crippen LogP contribution in [0.1, 0.15) is 36.2 Å². The summed E-state index contributed by atoms with van der Waals surface area (Å²) in [5.74, 6) is 0. The van der Waals surface area contributed by atoms with E-state index in [1.807, 2.05) is 6.92 Å². The van der Waals surface area contributed by atoms with Crippen LogP contribution in [0.4, 0.5) is 13.2 Å². The molecule has 0 radical (unpaired) electrons. The minimum Gasteiger partial charge on any atom is -0.319 e. The number of aromatic nitrogens is 3. The molecule has 1 heterocycles. The maximum atomic E-state index is 13.0. The van der Waals surface area contributed by atoms with Gasteiger partial charge in [0.1, 0.15) is 0 Å². The molecular weight excluding hydrogens is 269 g/mol. The Labute approximate surface area is 114 Å². The molecule has 0 bridgehead atoms. The molecule has 0 aliphatic heterocycles. The van der Waals surface area contributed by atoms with E-state index in [2.05, 4.69) is 10.3 Å². The topological polar surface area (TPSA) is 56.7 Å². The van der Waals surface area contributed by atoms with Crippen molar-refractivity contribution < 1.29 is 13.2 Å². The molecule has 1 unspecified atom stereocenters. The third kappa shape index (κ3) is 2.82. The molecule has 1 aromatic heterocycles. The highest BCUT2D eigenvalue weighted by Gasteiger charge is 2.35. The second-order valence-corrected chi connectivity index (χ2v) is 4.44. The summed E-state index contributed by atoms with van der Waals surface area (Å²) in [7, 11) is 0. The molecule has 2 aromatic rings. The largest absolute Gasteiger partial charge is 0.416 e. The lowest BCUT2D eigenvalue weighted by Crippen LogP contribution is -2.21. The van der Waals surface area contributed by atoms with Crippen LogP contribution in [0.5, 0.6) is 0 Å². The lowest BCUT2D eigenvalue weighted by molar-refractivity contribution is -0.138. The zero-order chi connectivity index (χ0) is 14.8. The first kappa shape index (κ1) is 14.5. The van der Waals surface area contributed by atoms with E-state index in [4.69, 9.17) is 5.73 Å². The highest BCUT2D eigenvalue weighted by Crippen LogP contribution is 2.35. The fourth-order valence-corrected chi connectivity index (χ4v) is 2.08. The minimum atomic E-state index is -4.43. The Morgan fingerprint density at radius 2 is 2.00 bits per heavy atom. The van der Waals surface area contributed by atoms with Crippen LogP contribution in [0.2, 0.25) is 0 Å². The molecule has 0 spiro atoms. The van der Waals surface area contributed by atoms with Gasteiger partial charge >= 0.3 is 6.18 Å². The molecule has 0 saturated heterocycles. The number of hydrogen-bond donors (Lipinski definition) is 1. The Bertz CT molecular complexity index is 577. The van der Waals surface area contributed by atoms with Crippen LogP contribution < -0.4 is 5.73 Å². The summed E-state index contributed by atoms with van der Waals surface area (Å²) in [6.07, 6.45) is -2.23. The van der Waals surface area contributed by atoms with Gasteiger partial charge in [0.25, 0.3) is 0 Å². The normalized spacial score (nSPS) is 13.4. The molecule has 1 atom stereocenters. The summed E-state index contributed by atoms with van der Waals surface area (Å²) in [6.45, 7) is 2.51. The van der Waals surface area contributed by atoms with E-state index in [1.165, 1.54) is 23.0 Å². The van der Waals surface area contributed by atoms with Gasteiger partial charge in [-0.25, -0.2) is 4.68 Å². The maximum absolute atomic E-state index is 13.0. The van der Waals surface area contributed by atoms with Crippen LogP contribution in [0.15, 0.2) is 30.5 Å². The molecule has 0 amide bonds. The van der Waals surface area contributed by atoms with E-state index in [0.717, 1.165) is 12.5 Å². The number of alkyl halides is 3. The van der Waals surface area contributed by atoms with Crippen LogP contribution >= 0.6 is 0 Å². The number of benzene rings is 1. The zero-order valence-corrected chi connectivity index (χ0v) is 10.9. The average molecular weight is 284 g/mol. The van der Waals surface area contributed by atoms with Gasteiger partial charge < -0.3 is 5.73 Å². The molecule has 0 aliphatic carbocycles. The van der Waals surface area contributed by atoms with Crippen molar-refractivity contribution >= 4 is 0 Å². The fourth-order valence-electron chi connectivity index (χ4n) is 2.08. The summed E-state index contributed by atoms with van der Waals surface area (Å²) < 4.78 is 40.6. The van der Waals surface area contributed by atoms with E-state index in [0.29, 0.717) is 12.2 Å². The highest BCUT2D eigenvalue weighted by molar-refractivity contribution is 5.36. The van der Waals surface area contributed by atoms with Crippen molar-refractivity contribution in [2.45, 2.75) is 32.1 Å². The Hall–Kier alpha value is -1.89. The van der Waals surface area contributed by atoms with Crippen LogP contribution in [0.25, 0.3) is 0 Å². The summed E-state index contributed by atoms with van der Waals surface area (Å²) >= 11 is 0. The Kier molecular flexibility index (Phi) is 4.08. The lowest BCUT2D eigenvalue weighted by atomic mass is 9.98. The van der Waals surface area contributed by atoms with Crippen molar-refractivity contribution in [1.82, 2.24) is 15.0 Å². The predicted octanol–water partition coefficient (Wildman–Crippen LogP) is 2.76. The highest BCUT2D eigenvalue weighted by atomic mass is 19.4. The molecular formula is C13H15F3N4. The number of nitrogens with zero attached hydrogens (tertiary/aromatic N) is 3. The third-order valence-corrected chi connectivity index (χ3v) is 3.00. The number of aryl methyl sites for hydroxylation is 1. The Balaban J connectivity index is 2.43. The summed E-state index contributed by atoms with van der Waals surface area (Å²) in [5, 5.41) is 7.58. The second-order valence-electron chi connectivity index (χ2n) is 4.44. The van der Waals surface area contributed by atoms with E-state index in [1.54, 1.807) is 6.07 Å². The molecule has 0 aliphatic rings. The van der Waals surface area contributed by atoms with E-state index in [9.17, 15) is 13.2 Å². The van der Waals surface area contributed by atoms with Crippen LogP contribution in [0.3, 0.4) is 0 Å². The van der Waals surface area contributed by atoms with E-state index < -0.39 is 17.8 Å². The molecule has 0 fully saturated rings. The predicted molar refractivity (Wildman–Crippen MR) is 67.8 cm³/mol. The Morgan fingerprint density at radius 1 is 1.30 bits per heavy atom. The summed E-state index contributed by atoms with van der Waals surface area (Å²) in [4.78, 5) is 0. The molecule has 4 nitrogen and oxygen atoms in total. The van der Waals surface area contributed by atoms with Crippen molar-refractivity contribution in [2.24, 2.45) is 5.73 Å². The minimum absolute atomic E-state index is 0.0275. The van der Waals surface area contributed by atoms with Gasteiger partial charge in [-0.2, -0.15) is 13.2 Å². The van der Waals surface area contributed by atoms with Crippen LogP contribution in [0, 0.1) is 0 Å². The third-order valence-electron chi connectivity index (χ3n) is 3.00. The lowest BCUT2D eigenvalue weighted by Gasteiger charge is -2.18. The van der Waals surface area contributed by atoms with E-state index in [-0.39, 0.29) is 5.56 Å². The standard InChI is InChI=1S/C13H15F3N4/c1-2-7-20-11(8-18-19-20)12(17)9-5-3-4-6-10(9)13(14,15)16/h3-6,8,12H,2,7,17H2,1H3. The molecule has 2 N–H and O–H groups in total. The Morgan fingerprint density at radius 3 is 2.65 bits per heavy atom. The van der Waals surface area contributed by atoms with Crippen molar-refractivity contribution in [3.05, 3.63) is 47.3 Å². The van der Waals surface area contributed by atoms with Gasteiger partial charge in [0, 0.05) is 6.54 Å². The van der Waals surface area contributed by atoms with Gasteiger partial charge in [-0.05, 0) is 18.1 Å². The van der Waals surface area contributed by atoms with Crippen LogP contribution in [-0.2, 0) is 12.7 Å². The van der Waals surface area contributed by atoms with Gasteiger partial charge in [0.15, 0.2) is 0 Å². The maximum Gasteiger partial charge on any atom is 0.416 e. The van der Waals surface area contributed by atoms with Gasteiger partial charge in [0.2, 0.25) is 0 Å². The van der Waals surface area contributed by atoms with Gasteiger partial charge in [-0.1, -0.05) is 30.3 Å². The van der Waals surface area contributed by atoms with E-state index >= 15 is 0 Å². The average Bonchev–Trinajstić information content (AvgIpc) is 2.85. The van der Waals surface area contributed by atoms with Crippen molar-refractivity contribution in [2.75, 3.05) is 0 Å². The smallest absolute Gasteiger partial charge is 0.319 e. The molecule has 1 aromatic carbocycles. The zero-order valence-electron chi connectivity index (χ0n) is 10.9. The fraction of sp³-hybridized carbons (Fsp3) is 0.385. The number of hydrogen-bond acceptors (Lipinski definition) is 3. The molecule has 108 valence electrons. The van der Waals surface area contributed by atoms with Gasteiger partial charge in [0.05, 0.1) is 23.5 Å². The summed E-state index contributed by atoms with van der Waals surface area (Å²) in [5.41, 5.74) is 5.77. The quantitative estimate of drug-likeness (QED) is 0.939. The first-order chi connectivity index (χ1) is 9.45. The molecule has 0 saturated carbocycles. The summed E-state index contributed by atoms with van der Waals surface area (Å²) in [6, 6.07) is 4.40. The van der Waals surface area contributed by atoms with Gasteiger partial charge in [-0.3, -0.25) is 0 Å². The SMILES string of the molecule is CCCn1nncc1C(N)c1ccccc1C(F)(F)F. The number of nitrogens with two attached hydrogens (primary N) is 1. The molecule has 2 rings (SSSR count). The second kappa shape index (κ2) is 5.62. The number of rotatable bonds is 4. The number of halogens is 3.